The lowest BCUT2D eigenvalue weighted by Crippen LogP contribution is -2.07. The number of hydrogen-bond donors (Lipinski definition) is 1. The molecule has 0 atom stereocenters. The van der Waals surface area contributed by atoms with Crippen LogP contribution in [-0.2, 0) is 0 Å². The lowest BCUT2D eigenvalue weighted by atomic mass is 10.2. The van der Waals surface area contributed by atoms with Gasteiger partial charge in [-0.1, -0.05) is 0 Å². The summed E-state index contributed by atoms with van der Waals surface area (Å²) in [7, 11) is 3.26. The molecule has 0 spiro atoms. The molecule has 1 aromatic carbocycles. The fraction of sp³-hybridized carbons (Fsp3) is 0.500. The lowest BCUT2D eigenvalue weighted by Gasteiger charge is -2.14. The topological polar surface area (TPSA) is 53.7 Å². The summed E-state index contributed by atoms with van der Waals surface area (Å²) in [6.45, 7) is 3.16. The Kier molecular flexibility index (Phi) is 4.92. The van der Waals surface area contributed by atoms with Crippen LogP contribution in [0.15, 0.2) is 12.1 Å². The number of benzene rings is 1. The quantitative estimate of drug-likeness (QED) is 0.749. The molecule has 0 saturated heterocycles. The SMILES string of the molecule is COc1ccc(OCCCN)c(OC)c1C. The largest absolute Gasteiger partial charge is 0.496 e. The van der Waals surface area contributed by atoms with E-state index in [1.807, 2.05) is 19.1 Å². The smallest absolute Gasteiger partial charge is 0.167 e. The number of hydrogen-bond acceptors (Lipinski definition) is 4. The Morgan fingerprint density at radius 3 is 2.38 bits per heavy atom. The molecule has 0 amide bonds. The minimum Gasteiger partial charge on any atom is -0.496 e. The van der Waals surface area contributed by atoms with Crippen LogP contribution in [0.2, 0.25) is 0 Å². The zero-order valence-corrected chi connectivity index (χ0v) is 10.1. The third-order valence-corrected chi connectivity index (χ3v) is 2.35. The van der Waals surface area contributed by atoms with E-state index in [0.29, 0.717) is 13.2 Å². The molecule has 16 heavy (non-hydrogen) atoms. The summed E-state index contributed by atoms with van der Waals surface area (Å²) < 4.78 is 16.1. The van der Waals surface area contributed by atoms with Gasteiger partial charge in [0.25, 0.3) is 0 Å². The third kappa shape index (κ3) is 2.79. The average molecular weight is 225 g/mol. The molecule has 0 unspecified atom stereocenters. The van der Waals surface area contributed by atoms with Gasteiger partial charge in [0.05, 0.1) is 20.8 Å². The highest BCUT2D eigenvalue weighted by molar-refractivity contribution is 5.53. The first-order valence-corrected chi connectivity index (χ1v) is 5.29. The molecule has 4 nitrogen and oxygen atoms in total. The number of ether oxygens (including phenoxy) is 3. The molecule has 0 aliphatic carbocycles. The van der Waals surface area contributed by atoms with Crippen LogP contribution in [0.1, 0.15) is 12.0 Å². The van der Waals surface area contributed by atoms with Crippen LogP contribution in [0, 0.1) is 6.92 Å². The molecular formula is C12H19NO3. The molecule has 0 bridgehead atoms. The molecule has 2 N–H and O–H groups in total. The van der Waals surface area contributed by atoms with E-state index < -0.39 is 0 Å². The van der Waals surface area contributed by atoms with E-state index in [4.69, 9.17) is 19.9 Å². The first-order chi connectivity index (χ1) is 7.74. The minimum atomic E-state index is 0.596. The Bertz CT molecular complexity index is 339. The Hall–Kier alpha value is -1.42. The van der Waals surface area contributed by atoms with Gasteiger partial charge in [-0.15, -0.1) is 0 Å². The van der Waals surface area contributed by atoms with E-state index in [9.17, 15) is 0 Å². The molecule has 0 aliphatic heterocycles. The highest BCUT2D eigenvalue weighted by Crippen LogP contribution is 2.36. The van der Waals surface area contributed by atoms with Gasteiger partial charge < -0.3 is 19.9 Å². The summed E-state index contributed by atoms with van der Waals surface area (Å²) in [4.78, 5) is 0. The summed E-state index contributed by atoms with van der Waals surface area (Å²) in [5, 5.41) is 0. The van der Waals surface area contributed by atoms with Crippen molar-refractivity contribution in [3.63, 3.8) is 0 Å². The predicted molar refractivity (Wildman–Crippen MR) is 63.4 cm³/mol. The van der Waals surface area contributed by atoms with E-state index in [-0.39, 0.29) is 0 Å². The van der Waals surface area contributed by atoms with E-state index in [1.54, 1.807) is 14.2 Å². The second kappa shape index (κ2) is 6.23. The second-order valence-electron chi connectivity index (χ2n) is 3.41. The Morgan fingerprint density at radius 2 is 1.81 bits per heavy atom. The van der Waals surface area contributed by atoms with Gasteiger partial charge in [0.2, 0.25) is 0 Å². The van der Waals surface area contributed by atoms with Crippen molar-refractivity contribution in [3.05, 3.63) is 17.7 Å². The van der Waals surface area contributed by atoms with Gasteiger partial charge >= 0.3 is 0 Å². The van der Waals surface area contributed by atoms with Gasteiger partial charge in [0.15, 0.2) is 11.5 Å². The molecule has 0 radical (unpaired) electrons. The molecule has 0 aliphatic rings. The Balaban J connectivity index is 2.88. The highest BCUT2D eigenvalue weighted by atomic mass is 16.5. The molecule has 1 rings (SSSR count). The van der Waals surface area contributed by atoms with Crippen LogP contribution in [0.5, 0.6) is 17.2 Å². The van der Waals surface area contributed by atoms with Crippen LogP contribution >= 0.6 is 0 Å². The maximum atomic E-state index is 5.59. The van der Waals surface area contributed by atoms with Gasteiger partial charge in [0, 0.05) is 5.56 Å². The molecule has 0 heterocycles. The number of methoxy groups -OCH3 is 2. The minimum absolute atomic E-state index is 0.596. The van der Waals surface area contributed by atoms with Crippen molar-refractivity contribution in [2.45, 2.75) is 13.3 Å². The van der Waals surface area contributed by atoms with Gasteiger partial charge in [-0.3, -0.25) is 0 Å². The zero-order chi connectivity index (χ0) is 12.0. The standard InChI is InChI=1S/C12H19NO3/c1-9-10(14-2)5-6-11(12(9)15-3)16-8-4-7-13/h5-6H,4,7-8,13H2,1-3H3. The van der Waals surface area contributed by atoms with Crippen LogP contribution < -0.4 is 19.9 Å². The fourth-order valence-corrected chi connectivity index (χ4v) is 1.50. The molecular weight excluding hydrogens is 206 g/mol. The van der Waals surface area contributed by atoms with Crippen LogP contribution in [-0.4, -0.2) is 27.4 Å². The summed E-state index contributed by atoms with van der Waals surface area (Å²) in [6.07, 6.45) is 0.828. The number of rotatable bonds is 6. The van der Waals surface area contributed by atoms with Gasteiger partial charge in [-0.25, -0.2) is 0 Å². The Morgan fingerprint density at radius 1 is 1.12 bits per heavy atom. The van der Waals surface area contributed by atoms with Crippen molar-refractivity contribution in [2.24, 2.45) is 5.73 Å². The third-order valence-electron chi connectivity index (χ3n) is 2.35. The van der Waals surface area contributed by atoms with Crippen molar-refractivity contribution >= 4 is 0 Å². The van der Waals surface area contributed by atoms with Gasteiger partial charge in [-0.05, 0) is 32.0 Å². The molecule has 4 heteroatoms. The molecule has 1 aromatic rings. The highest BCUT2D eigenvalue weighted by Gasteiger charge is 2.11. The predicted octanol–water partition coefficient (Wildman–Crippen LogP) is 1.74. The lowest BCUT2D eigenvalue weighted by molar-refractivity contribution is 0.288. The summed E-state index contributed by atoms with van der Waals surface area (Å²) >= 11 is 0. The molecule has 0 saturated carbocycles. The zero-order valence-electron chi connectivity index (χ0n) is 10.1. The summed E-state index contributed by atoms with van der Waals surface area (Å²) in [6, 6.07) is 3.72. The fourth-order valence-electron chi connectivity index (χ4n) is 1.50. The monoisotopic (exact) mass is 225 g/mol. The van der Waals surface area contributed by atoms with Crippen LogP contribution in [0.3, 0.4) is 0 Å². The average Bonchev–Trinajstić information content (AvgIpc) is 2.30. The van der Waals surface area contributed by atoms with E-state index in [2.05, 4.69) is 0 Å². The van der Waals surface area contributed by atoms with E-state index in [1.165, 1.54) is 0 Å². The normalized spacial score (nSPS) is 10.0. The number of nitrogens with two attached hydrogens (primary N) is 1. The molecule has 90 valence electrons. The van der Waals surface area contributed by atoms with Crippen LogP contribution in [0.25, 0.3) is 0 Å². The van der Waals surface area contributed by atoms with Crippen molar-refractivity contribution < 1.29 is 14.2 Å². The maximum absolute atomic E-state index is 5.59. The summed E-state index contributed by atoms with van der Waals surface area (Å²) in [5.74, 6) is 2.24. The van der Waals surface area contributed by atoms with Crippen molar-refractivity contribution in [2.75, 3.05) is 27.4 Å². The van der Waals surface area contributed by atoms with Crippen molar-refractivity contribution in [1.29, 1.82) is 0 Å². The van der Waals surface area contributed by atoms with E-state index >= 15 is 0 Å². The van der Waals surface area contributed by atoms with Gasteiger partial charge in [-0.2, -0.15) is 0 Å². The molecule has 0 fully saturated rings. The van der Waals surface area contributed by atoms with Crippen LogP contribution in [0.4, 0.5) is 0 Å². The van der Waals surface area contributed by atoms with Gasteiger partial charge in [0.1, 0.15) is 5.75 Å². The Labute approximate surface area is 96.3 Å². The van der Waals surface area contributed by atoms with E-state index in [0.717, 1.165) is 29.2 Å². The first kappa shape index (κ1) is 12.6. The van der Waals surface area contributed by atoms with Crippen molar-refractivity contribution in [3.8, 4) is 17.2 Å². The maximum Gasteiger partial charge on any atom is 0.167 e. The second-order valence-corrected chi connectivity index (χ2v) is 3.41. The first-order valence-electron chi connectivity index (χ1n) is 5.29. The van der Waals surface area contributed by atoms with Crippen molar-refractivity contribution in [1.82, 2.24) is 0 Å². The molecule has 0 aromatic heterocycles. The summed E-state index contributed by atoms with van der Waals surface area (Å²) in [5.41, 5.74) is 6.35.